The van der Waals surface area contributed by atoms with E-state index in [9.17, 15) is 0 Å². The third kappa shape index (κ3) is 4.50. The molecule has 0 saturated carbocycles. The van der Waals surface area contributed by atoms with Gasteiger partial charge in [0.25, 0.3) is 0 Å². The number of aromatic nitrogens is 3. The first-order valence-electron chi connectivity index (χ1n) is 8.91. The van der Waals surface area contributed by atoms with Crippen LogP contribution < -0.4 is 10.2 Å². The largest absolute Gasteiger partial charge is 0.357 e. The summed E-state index contributed by atoms with van der Waals surface area (Å²) in [6, 6.07) is 2.12. The highest BCUT2D eigenvalue weighted by Crippen LogP contribution is 2.19. The monoisotopic (exact) mass is 361 g/mol. The summed E-state index contributed by atoms with van der Waals surface area (Å²) < 4.78 is 6.45. The molecule has 136 valence electrons. The first-order valence-corrected chi connectivity index (χ1v) is 9.68. The lowest BCUT2D eigenvalue weighted by Gasteiger charge is -2.36. The molecular formula is C17H27N7S. The normalized spacial score (nSPS) is 15.7. The van der Waals surface area contributed by atoms with Crippen molar-refractivity contribution in [2.24, 2.45) is 12.0 Å². The average Bonchev–Trinajstić information content (AvgIpc) is 3.27. The molecule has 0 unspecified atom stereocenters. The molecule has 0 radical (unpaired) electrons. The molecule has 1 aliphatic heterocycles. The molecule has 0 spiro atoms. The summed E-state index contributed by atoms with van der Waals surface area (Å²) in [4.78, 5) is 14.1. The lowest BCUT2D eigenvalue weighted by molar-refractivity contribution is 0.372. The van der Waals surface area contributed by atoms with Crippen LogP contribution >= 0.6 is 11.5 Å². The third-order valence-electron chi connectivity index (χ3n) is 4.26. The molecule has 2 aromatic heterocycles. The zero-order valence-electron chi connectivity index (χ0n) is 15.3. The van der Waals surface area contributed by atoms with Crippen LogP contribution in [0.4, 0.5) is 5.13 Å². The topological polar surface area (TPSA) is 61.6 Å². The number of nitrogens with zero attached hydrogens (tertiary/aromatic N) is 6. The summed E-state index contributed by atoms with van der Waals surface area (Å²) in [5.74, 6) is 1.94. The van der Waals surface area contributed by atoms with Crippen molar-refractivity contribution in [3.8, 4) is 0 Å². The van der Waals surface area contributed by atoms with Crippen LogP contribution in [0, 0.1) is 0 Å². The molecule has 1 aliphatic rings. The number of hydrogen-bond acceptors (Lipinski definition) is 5. The van der Waals surface area contributed by atoms with Gasteiger partial charge in [0.1, 0.15) is 5.82 Å². The van der Waals surface area contributed by atoms with Crippen molar-refractivity contribution in [2.75, 3.05) is 37.6 Å². The van der Waals surface area contributed by atoms with E-state index in [0.29, 0.717) is 6.54 Å². The van der Waals surface area contributed by atoms with Crippen molar-refractivity contribution >= 4 is 22.6 Å². The number of piperazine rings is 1. The Bertz CT molecular complexity index is 697. The van der Waals surface area contributed by atoms with Crippen LogP contribution in [-0.4, -0.2) is 57.5 Å². The zero-order chi connectivity index (χ0) is 17.6. The maximum absolute atomic E-state index is 4.81. The second kappa shape index (κ2) is 8.33. The molecule has 3 rings (SSSR count). The van der Waals surface area contributed by atoms with Crippen molar-refractivity contribution in [3.05, 3.63) is 29.8 Å². The van der Waals surface area contributed by atoms with Gasteiger partial charge in [-0.3, -0.25) is 0 Å². The highest BCUT2D eigenvalue weighted by Gasteiger charge is 2.22. The van der Waals surface area contributed by atoms with Crippen molar-refractivity contribution in [1.82, 2.24) is 24.1 Å². The van der Waals surface area contributed by atoms with Gasteiger partial charge in [-0.1, -0.05) is 6.92 Å². The number of nitrogens with one attached hydrogen (secondary N) is 1. The molecular weight excluding hydrogens is 334 g/mol. The number of rotatable bonds is 5. The van der Waals surface area contributed by atoms with E-state index in [-0.39, 0.29) is 0 Å². The minimum atomic E-state index is 0.708. The second-order valence-electron chi connectivity index (χ2n) is 6.18. The minimum Gasteiger partial charge on any atom is -0.357 e. The predicted octanol–water partition coefficient (Wildman–Crippen LogP) is 1.73. The van der Waals surface area contributed by atoms with Crippen LogP contribution in [-0.2, 0) is 20.0 Å². The van der Waals surface area contributed by atoms with Gasteiger partial charge in [0, 0.05) is 70.1 Å². The Labute approximate surface area is 153 Å². The SMILES string of the molecule is CCNC(=NCc1ccn(C)c1)N1CCN(c2nc(CC)ns2)CC1. The summed E-state index contributed by atoms with van der Waals surface area (Å²) in [5.41, 5.74) is 1.23. The van der Waals surface area contributed by atoms with Crippen molar-refractivity contribution in [1.29, 1.82) is 0 Å². The van der Waals surface area contributed by atoms with E-state index < -0.39 is 0 Å². The fourth-order valence-corrected chi connectivity index (χ4v) is 3.67. The number of aliphatic imine (C=N–C) groups is 1. The van der Waals surface area contributed by atoms with Gasteiger partial charge in [-0.25, -0.2) is 9.98 Å². The molecule has 0 atom stereocenters. The Kier molecular flexibility index (Phi) is 5.91. The van der Waals surface area contributed by atoms with E-state index in [4.69, 9.17) is 4.99 Å². The van der Waals surface area contributed by atoms with E-state index in [2.05, 4.69) is 61.3 Å². The Hall–Kier alpha value is -2.09. The molecule has 0 bridgehead atoms. The molecule has 1 N–H and O–H groups in total. The maximum Gasteiger partial charge on any atom is 0.205 e. The van der Waals surface area contributed by atoms with E-state index >= 15 is 0 Å². The molecule has 8 heteroatoms. The summed E-state index contributed by atoms with van der Waals surface area (Å²) in [6.07, 6.45) is 5.07. The van der Waals surface area contributed by atoms with Crippen molar-refractivity contribution in [3.63, 3.8) is 0 Å². The molecule has 1 fully saturated rings. The Morgan fingerprint density at radius 3 is 2.68 bits per heavy atom. The number of aryl methyl sites for hydroxylation is 2. The lowest BCUT2D eigenvalue weighted by atomic mass is 10.3. The van der Waals surface area contributed by atoms with Crippen LogP contribution in [0.15, 0.2) is 23.5 Å². The predicted molar refractivity (Wildman–Crippen MR) is 103 cm³/mol. The van der Waals surface area contributed by atoms with Gasteiger partial charge >= 0.3 is 0 Å². The lowest BCUT2D eigenvalue weighted by Crippen LogP contribution is -2.52. The quantitative estimate of drug-likeness (QED) is 0.649. The first-order chi connectivity index (χ1) is 12.2. The van der Waals surface area contributed by atoms with Crippen molar-refractivity contribution in [2.45, 2.75) is 26.8 Å². The van der Waals surface area contributed by atoms with Crippen LogP contribution in [0.1, 0.15) is 25.2 Å². The highest BCUT2D eigenvalue weighted by molar-refractivity contribution is 7.09. The van der Waals surface area contributed by atoms with Gasteiger partial charge in [-0.15, -0.1) is 0 Å². The van der Waals surface area contributed by atoms with E-state index in [1.807, 2.05) is 7.05 Å². The van der Waals surface area contributed by atoms with Crippen LogP contribution in [0.5, 0.6) is 0 Å². The first kappa shape index (κ1) is 17.7. The second-order valence-corrected chi connectivity index (χ2v) is 6.91. The highest BCUT2D eigenvalue weighted by atomic mass is 32.1. The van der Waals surface area contributed by atoms with Crippen LogP contribution in [0.25, 0.3) is 0 Å². The molecule has 25 heavy (non-hydrogen) atoms. The molecule has 2 aromatic rings. The van der Waals surface area contributed by atoms with Crippen LogP contribution in [0.2, 0.25) is 0 Å². The Morgan fingerprint density at radius 2 is 2.08 bits per heavy atom. The maximum atomic E-state index is 4.81. The number of hydrogen-bond donors (Lipinski definition) is 1. The fourth-order valence-electron chi connectivity index (χ4n) is 2.87. The summed E-state index contributed by atoms with van der Waals surface area (Å²) in [7, 11) is 2.04. The van der Waals surface area contributed by atoms with Gasteiger partial charge in [0.05, 0.1) is 6.54 Å². The van der Waals surface area contributed by atoms with Gasteiger partial charge in [-0.05, 0) is 18.6 Å². The molecule has 0 amide bonds. The molecule has 0 aliphatic carbocycles. The zero-order valence-corrected chi connectivity index (χ0v) is 16.1. The van der Waals surface area contributed by atoms with Gasteiger partial charge in [0.2, 0.25) is 5.13 Å². The Morgan fingerprint density at radius 1 is 1.28 bits per heavy atom. The standard InChI is InChI=1S/C17H27N7S/c1-4-15-20-17(25-21-15)24-10-8-23(9-11-24)16(18-5-2)19-12-14-6-7-22(3)13-14/h6-7,13H,4-5,8-12H2,1-3H3,(H,18,19). The van der Waals surface area contributed by atoms with Gasteiger partial charge in [0.15, 0.2) is 5.96 Å². The average molecular weight is 362 g/mol. The van der Waals surface area contributed by atoms with E-state index in [1.54, 1.807) is 0 Å². The molecule has 0 aromatic carbocycles. The Balaban J connectivity index is 1.59. The van der Waals surface area contributed by atoms with Crippen molar-refractivity contribution < 1.29 is 0 Å². The number of anilines is 1. The van der Waals surface area contributed by atoms with Gasteiger partial charge in [-0.2, -0.15) is 4.37 Å². The number of guanidine groups is 1. The molecule has 3 heterocycles. The fraction of sp³-hybridized carbons (Fsp3) is 0.588. The summed E-state index contributed by atoms with van der Waals surface area (Å²) >= 11 is 1.51. The van der Waals surface area contributed by atoms with Crippen LogP contribution in [0.3, 0.4) is 0 Å². The smallest absolute Gasteiger partial charge is 0.205 e. The minimum absolute atomic E-state index is 0.708. The third-order valence-corrected chi connectivity index (χ3v) is 5.08. The summed E-state index contributed by atoms with van der Waals surface area (Å²) in [5, 5.41) is 4.47. The molecule has 7 nitrogen and oxygen atoms in total. The summed E-state index contributed by atoms with van der Waals surface area (Å²) in [6.45, 7) is 9.59. The molecule has 1 saturated heterocycles. The van der Waals surface area contributed by atoms with E-state index in [1.165, 1.54) is 17.1 Å². The van der Waals surface area contributed by atoms with Gasteiger partial charge < -0.3 is 19.7 Å². The van der Waals surface area contributed by atoms with E-state index in [0.717, 1.165) is 56.1 Å².